The number of carbonyl (C=O) groups is 1. The van der Waals surface area contributed by atoms with Crippen molar-refractivity contribution in [2.75, 3.05) is 13.2 Å². The van der Waals surface area contributed by atoms with Crippen LogP contribution in [0, 0.1) is 0 Å². The summed E-state index contributed by atoms with van der Waals surface area (Å²) in [5.74, 6) is 0.0513. The molecule has 0 aromatic rings. The molecule has 1 aliphatic rings. The van der Waals surface area contributed by atoms with Crippen molar-refractivity contribution in [2.24, 2.45) is 0 Å². The van der Waals surface area contributed by atoms with Crippen LogP contribution in [0.3, 0.4) is 0 Å². The Morgan fingerprint density at radius 1 is 1.67 bits per heavy atom. The quantitative estimate of drug-likeness (QED) is 0.513. The van der Waals surface area contributed by atoms with E-state index in [2.05, 4.69) is 10.6 Å². The van der Waals surface area contributed by atoms with Crippen molar-refractivity contribution < 1.29 is 9.90 Å². The maximum absolute atomic E-state index is 11.1. The van der Waals surface area contributed by atoms with Crippen molar-refractivity contribution in [3.8, 4) is 0 Å². The molecule has 0 aliphatic carbocycles. The third kappa shape index (κ3) is 2.46. The first kappa shape index (κ1) is 9.48. The summed E-state index contributed by atoms with van der Waals surface area (Å²) in [7, 11) is 0. The Kier molecular flexibility index (Phi) is 3.49. The molecule has 1 aliphatic heterocycles. The van der Waals surface area contributed by atoms with Gasteiger partial charge in [-0.15, -0.1) is 0 Å². The first-order chi connectivity index (χ1) is 5.74. The summed E-state index contributed by atoms with van der Waals surface area (Å²) in [6.45, 7) is 2.73. The number of rotatable bonds is 2. The van der Waals surface area contributed by atoms with Gasteiger partial charge in [-0.3, -0.25) is 4.79 Å². The van der Waals surface area contributed by atoms with Gasteiger partial charge in [-0.05, 0) is 19.8 Å². The van der Waals surface area contributed by atoms with Crippen LogP contribution in [0.1, 0.15) is 19.8 Å². The molecule has 4 nitrogen and oxygen atoms in total. The molecule has 4 heteroatoms. The maximum atomic E-state index is 11.1. The minimum atomic E-state index is -0.135. The molecule has 1 fully saturated rings. The van der Waals surface area contributed by atoms with E-state index in [1.54, 1.807) is 0 Å². The summed E-state index contributed by atoms with van der Waals surface area (Å²) in [5, 5.41) is 14.7. The Morgan fingerprint density at radius 2 is 2.42 bits per heavy atom. The van der Waals surface area contributed by atoms with E-state index in [1.165, 1.54) is 0 Å². The lowest BCUT2D eigenvalue weighted by molar-refractivity contribution is -0.122. The zero-order chi connectivity index (χ0) is 8.97. The molecule has 12 heavy (non-hydrogen) atoms. The highest BCUT2D eigenvalue weighted by Crippen LogP contribution is 2.02. The summed E-state index contributed by atoms with van der Waals surface area (Å²) < 4.78 is 0. The number of hydrogen-bond acceptors (Lipinski definition) is 3. The summed E-state index contributed by atoms with van der Waals surface area (Å²) >= 11 is 0. The van der Waals surface area contributed by atoms with Gasteiger partial charge >= 0.3 is 0 Å². The molecule has 1 unspecified atom stereocenters. The Hall–Kier alpha value is -0.610. The van der Waals surface area contributed by atoms with Crippen molar-refractivity contribution in [2.45, 2.75) is 31.8 Å². The van der Waals surface area contributed by atoms with Crippen LogP contribution >= 0.6 is 0 Å². The highest BCUT2D eigenvalue weighted by Gasteiger charge is 2.20. The highest BCUT2D eigenvalue weighted by atomic mass is 16.3. The Balaban J connectivity index is 2.42. The van der Waals surface area contributed by atoms with E-state index in [-0.39, 0.29) is 24.6 Å². The molecular weight excluding hydrogens is 156 g/mol. The molecule has 0 spiro atoms. The molecule has 0 saturated carbocycles. The van der Waals surface area contributed by atoms with E-state index in [0.29, 0.717) is 6.54 Å². The molecular formula is C8H16N2O2. The fraction of sp³-hybridized carbons (Fsp3) is 0.875. The Bertz CT molecular complexity index is 161. The molecule has 0 radical (unpaired) electrons. The van der Waals surface area contributed by atoms with Gasteiger partial charge in [-0.25, -0.2) is 0 Å². The molecule has 1 rings (SSSR count). The predicted molar refractivity (Wildman–Crippen MR) is 45.7 cm³/mol. The minimum absolute atomic E-state index is 0.0513. The second kappa shape index (κ2) is 4.42. The lowest BCUT2D eigenvalue weighted by atomic mass is 10.1. The van der Waals surface area contributed by atoms with Crippen molar-refractivity contribution in [1.82, 2.24) is 10.6 Å². The van der Waals surface area contributed by atoms with Crippen molar-refractivity contribution >= 4 is 5.91 Å². The standard InChI is InChI=1S/C8H16N2O2/c1-6-8(12)9-4-2-7(10-6)3-5-11/h6-7,10-11H,2-5H2,1H3,(H,9,12)/t6-,7?/m0/s1. The molecule has 0 aromatic heterocycles. The van der Waals surface area contributed by atoms with Crippen LogP contribution in [0.25, 0.3) is 0 Å². The van der Waals surface area contributed by atoms with E-state index < -0.39 is 0 Å². The van der Waals surface area contributed by atoms with Crippen LogP contribution in [0.5, 0.6) is 0 Å². The van der Waals surface area contributed by atoms with Crippen molar-refractivity contribution in [3.05, 3.63) is 0 Å². The molecule has 0 bridgehead atoms. The average Bonchev–Trinajstić information content (AvgIpc) is 2.16. The van der Waals surface area contributed by atoms with Gasteiger partial charge in [0.15, 0.2) is 0 Å². The maximum Gasteiger partial charge on any atom is 0.236 e. The third-order valence-corrected chi connectivity index (χ3v) is 2.15. The lowest BCUT2D eigenvalue weighted by Gasteiger charge is -2.16. The topological polar surface area (TPSA) is 61.4 Å². The van der Waals surface area contributed by atoms with Crippen LogP contribution in [0.4, 0.5) is 0 Å². The summed E-state index contributed by atoms with van der Waals surface area (Å²) in [5.41, 5.74) is 0. The van der Waals surface area contributed by atoms with Gasteiger partial charge in [0.2, 0.25) is 5.91 Å². The zero-order valence-corrected chi connectivity index (χ0v) is 7.34. The summed E-state index contributed by atoms with van der Waals surface area (Å²) in [4.78, 5) is 11.1. The predicted octanol–water partition coefficient (Wildman–Crippen LogP) is -0.765. The SMILES string of the molecule is C[C@@H]1NC(CCO)CCNC1=O. The normalized spacial score (nSPS) is 31.0. The average molecular weight is 172 g/mol. The van der Waals surface area contributed by atoms with Crippen LogP contribution in [0.2, 0.25) is 0 Å². The van der Waals surface area contributed by atoms with Crippen molar-refractivity contribution in [3.63, 3.8) is 0 Å². The highest BCUT2D eigenvalue weighted by molar-refractivity contribution is 5.81. The van der Waals surface area contributed by atoms with Gasteiger partial charge in [-0.1, -0.05) is 0 Å². The second-order valence-corrected chi connectivity index (χ2v) is 3.18. The number of amides is 1. The molecule has 1 heterocycles. The molecule has 1 amide bonds. The summed E-state index contributed by atoms with van der Waals surface area (Å²) in [6.07, 6.45) is 1.62. The van der Waals surface area contributed by atoms with Crippen LogP contribution in [-0.2, 0) is 4.79 Å². The largest absolute Gasteiger partial charge is 0.396 e. The van der Waals surface area contributed by atoms with Gasteiger partial charge in [0.05, 0.1) is 6.04 Å². The molecule has 2 atom stereocenters. The van der Waals surface area contributed by atoms with E-state index in [0.717, 1.165) is 12.8 Å². The number of carbonyl (C=O) groups excluding carboxylic acids is 1. The van der Waals surface area contributed by atoms with Gasteiger partial charge in [0, 0.05) is 19.2 Å². The molecule has 1 saturated heterocycles. The van der Waals surface area contributed by atoms with Gasteiger partial charge < -0.3 is 15.7 Å². The Morgan fingerprint density at radius 3 is 3.08 bits per heavy atom. The number of nitrogens with one attached hydrogen (secondary N) is 2. The van der Waals surface area contributed by atoms with E-state index in [9.17, 15) is 4.79 Å². The zero-order valence-electron chi connectivity index (χ0n) is 7.34. The second-order valence-electron chi connectivity index (χ2n) is 3.18. The lowest BCUT2D eigenvalue weighted by Crippen LogP contribution is -2.42. The van der Waals surface area contributed by atoms with Crippen LogP contribution in [-0.4, -0.2) is 36.2 Å². The first-order valence-electron chi connectivity index (χ1n) is 4.38. The van der Waals surface area contributed by atoms with Crippen LogP contribution < -0.4 is 10.6 Å². The fourth-order valence-electron chi connectivity index (χ4n) is 1.42. The van der Waals surface area contributed by atoms with E-state index >= 15 is 0 Å². The van der Waals surface area contributed by atoms with Gasteiger partial charge in [-0.2, -0.15) is 0 Å². The van der Waals surface area contributed by atoms with Gasteiger partial charge in [0.1, 0.15) is 0 Å². The first-order valence-corrected chi connectivity index (χ1v) is 4.38. The van der Waals surface area contributed by atoms with Crippen LogP contribution in [0.15, 0.2) is 0 Å². The summed E-state index contributed by atoms with van der Waals surface area (Å²) in [6, 6.07) is 0.132. The molecule has 0 aromatic carbocycles. The van der Waals surface area contributed by atoms with Gasteiger partial charge in [0.25, 0.3) is 0 Å². The third-order valence-electron chi connectivity index (χ3n) is 2.15. The Labute approximate surface area is 72.3 Å². The van der Waals surface area contributed by atoms with Crippen molar-refractivity contribution in [1.29, 1.82) is 0 Å². The molecule has 70 valence electrons. The fourth-order valence-corrected chi connectivity index (χ4v) is 1.42. The monoisotopic (exact) mass is 172 g/mol. The van der Waals surface area contributed by atoms with E-state index in [1.807, 2.05) is 6.92 Å². The smallest absolute Gasteiger partial charge is 0.236 e. The number of hydrogen-bond donors (Lipinski definition) is 3. The molecule has 3 N–H and O–H groups in total. The van der Waals surface area contributed by atoms with E-state index in [4.69, 9.17) is 5.11 Å². The minimum Gasteiger partial charge on any atom is -0.396 e. The number of aliphatic hydroxyl groups excluding tert-OH is 1. The number of aliphatic hydroxyl groups is 1.